The Kier molecular flexibility index (Phi) is 6.70. The van der Waals surface area contributed by atoms with E-state index in [0.717, 1.165) is 13.0 Å². The number of hydrogen-bond acceptors (Lipinski definition) is 4. The number of aryl methyl sites for hydroxylation is 2. The number of nitrogens with one attached hydrogen (secondary N) is 1. The van der Waals surface area contributed by atoms with Crippen LogP contribution in [-0.2, 0) is 12.8 Å². The van der Waals surface area contributed by atoms with Crippen LogP contribution in [0.1, 0.15) is 41.8 Å². The van der Waals surface area contributed by atoms with Crippen LogP contribution >= 0.6 is 22.7 Å². The summed E-state index contributed by atoms with van der Waals surface area (Å²) in [6.45, 7) is 5.41. The van der Waals surface area contributed by atoms with Crippen molar-refractivity contribution >= 4 is 22.7 Å². The lowest BCUT2D eigenvalue weighted by Crippen LogP contribution is -2.32. The zero-order valence-corrected chi connectivity index (χ0v) is 14.0. The first-order valence-electron chi connectivity index (χ1n) is 7.44. The van der Waals surface area contributed by atoms with Gasteiger partial charge in [-0.25, -0.2) is 4.98 Å². The fraction of sp³-hybridized carbons (Fsp3) is 0.562. The second kappa shape index (κ2) is 8.55. The quantitative estimate of drug-likeness (QED) is 0.740. The summed E-state index contributed by atoms with van der Waals surface area (Å²) in [5.41, 5.74) is 1.25. The lowest BCUT2D eigenvalue weighted by molar-refractivity contribution is 0.462. The molecular formula is C16H24N2S2. The largest absolute Gasteiger partial charge is 0.314 e. The predicted octanol–water partition coefficient (Wildman–Crippen LogP) is 4.45. The summed E-state index contributed by atoms with van der Waals surface area (Å²) in [4.78, 5) is 6.10. The molecule has 0 amide bonds. The summed E-state index contributed by atoms with van der Waals surface area (Å²) in [6.07, 6.45) is 5.95. The van der Waals surface area contributed by atoms with Crippen LogP contribution in [-0.4, -0.2) is 17.6 Å². The van der Waals surface area contributed by atoms with Crippen molar-refractivity contribution in [1.82, 2.24) is 10.3 Å². The maximum absolute atomic E-state index is 4.60. The van der Waals surface area contributed by atoms with Gasteiger partial charge in [-0.15, -0.1) is 22.7 Å². The van der Waals surface area contributed by atoms with E-state index in [0.29, 0.717) is 6.04 Å². The van der Waals surface area contributed by atoms with Crippen molar-refractivity contribution in [2.45, 2.75) is 52.0 Å². The van der Waals surface area contributed by atoms with E-state index in [9.17, 15) is 0 Å². The standard InChI is InChI=1S/C16H24N2S2/c1-3-9-17-14(11-15-12-20-13(2)18-15)6-4-7-16-8-5-10-19-16/h5,8,10,12,14,17H,3-4,6-7,9,11H2,1-2H3. The number of thiazole rings is 1. The molecule has 0 radical (unpaired) electrons. The minimum Gasteiger partial charge on any atom is -0.314 e. The zero-order chi connectivity index (χ0) is 14.2. The third-order valence-corrected chi connectivity index (χ3v) is 5.12. The van der Waals surface area contributed by atoms with Gasteiger partial charge in [-0.05, 0) is 50.6 Å². The van der Waals surface area contributed by atoms with Gasteiger partial charge in [0.1, 0.15) is 0 Å². The molecule has 20 heavy (non-hydrogen) atoms. The van der Waals surface area contributed by atoms with E-state index in [1.54, 1.807) is 11.3 Å². The maximum atomic E-state index is 4.60. The molecule has 1 atom stereocenters. The molecule has 0 spiro atoms. The van der Waals surface area contributed by atoms with Crippen molar-refractivity contribution in [2.24, 2.45) is 0 Å². The number of aromatic nitrogens is 1. The van der Waals surface area contributed by atoms with Crippen LogP contribution < -0.4 is 5.32 Å². The average molecular weight is 309 g/mol. The lowest BCUT2D eigenvalue weighted by Gasteiger charge is -2.17. The molecule has 0 aliphatic heterocycles. The van der Waals surface area contributed by atoms with Gasteiger partial charge in [0.15, 0.2) is 0 Å². The highest BCUT2D eigenvalue weighted by Crippen LogP contribution is 2.15. The molecule has 1 unspecified atom stereocenters. The Hall–Kier alpha value is -0.710. The third-order valence-electron chi connectivity index (χ3n) is 3.36. The average Bonchev–Trinajstić information content (AvgIpc) is 3.08. The van der Waals surface area contributed by atoms with Gasteiger partial charge >= 0.3 is 0 Å². The highest BCUT2D eigenvalue weighted by molar-refractivity contribution is 7.10. The monoisotopic (exact) mass is 308 g/mol. The first-order chi connectivity index (χ1) is 9.78. The summed E-state index contributed by atoms with van der Waals surface area (Å²) in [5, 5.41) is 9.22. The van der Waals surface area contributed by atoms with Gasteiger partial charge in [0.25, 0.3) is 0 Å². The fourth-order valence-electron chi connectivity index (χ4n) is 2.36. The highest BCUT2D eigenvalue weighted by atomic mass is 32.1. The first kappa shape index (κ1) is 15.7. The van der Waals surface area contributed by atoms with Gasteiger partial charge in [-0.3, -0.25) is 0 Å². The van der Waals surface area contributed by atoms with Crippen LogP contribution in [0.25, 0.3) is 0 Å². The Morgan fingerprint density at radius 3 is 2.90 bits per heavy atom. The van der Waals surface area contributed by atoms with Crippen molar-refractivity contribution < 1.29 is 0 Å². The van der Waals surface area contributed by atoms with E-state index in [2.05, 4.69) is 47.0 Å². The van der Waals surface area contributed by atoms with Crippen molar-refractivity contribution in [3.63, 3.8) is 0 Å². The van der Waals surface area contributed by atoms with Crippen LogP contribution in [0.2, 0.25) is 0 Å². The van der Waals surface area contributed by atoms with E-state index in [-0.39, 0.29) is 0 Å². The Bertz CT molecular complexity index is 476. The Morgan fingerprint density at radius 2 is 2.25 bits per heavy atom. The molecule has 0 saturated carbocycles. The minimum absolute atomic E-state index is 0.566. The Labute approximate surface area is 130 Å². The minimum atomic E-state index is 0.566. The molecule has 0 aromatic carbocycles. The molecule has 1 N–H and O–H groups in total. The summed E-state index contributed by atoms with van der Waals surface area (Å²) in [6, 6.07) is 4.95. The second-order valence-corrected chi connectivity index (χ2v) is 7.28. The van der Waals surface area contributed by atoms with Crippen LogP contribution in [0.3, 0.4) is 0 Å². The number of thiophene rings is 1. The van der Waals surface area contributed by atoms with Crippen molar-refractivity contribution in [2.75, 3.05) is 6.54 Å². The van der Waals surface area contributed by atoms with E-state index in [1.807, 2.05) is 11.3 Å². The third kappa shape index (κ3) is 5.35. The van der Waals surface area contributed by atoms with Crippen LogP contribution in [0.4, 0.5) is 0 Å². The van der Waals surface area contributed by atoms with Crippen molar-refractivity contribution in [3.05, 3.63) is 38.5 Å². The Morgan fingerprint density at radius 1 is 1.35 bits per heavy atom. The molecule has 2 heterocycles. The molecule has 110 valence electrons. The first-order valence-corrected chi connectivity index (χ1v) is 9.20. The van der Waals surface area contributed by atoms with Gasteiger partial charge < -0.3 is 5.32 Å². The van der Waals surface area contributed by atoms with Gasteiger partial charge in [0.2, 0.25) is 0 Å². The topological polar surface area (TPSA) is 24.9 Å². The molecule has 2 aromatic heterocycles. The molecule has 2 rings (SSSR count). The molecule has 0 aliphatic carbocycles. The summed E-state index contributed by atoms with van der Waals surface area (Å²) in [7, 11) is 0. The Balaban J connectivity index is 1.79. The van der Waals surface area contributed by atoms with Crippen molar-refractivity contribution in [3.8, 4) is 0 Å². The lowest BCUT2D eigenvalue weighted by atomic mass is 10.0. The van der Waals surface area contributed by atoms with E-state index < -0.39 is 0 Å². The fourth-order valence-corrected chi connectivity index (χ4v) is 3.73. The van der Waals surface area contributed by atoms with Gasteiger partial charge in [-0.2, -0.15) is 0 Å². The molecule has 2 aromatic rings. The van der Waals surface area contributed by atoms with Gasteiger partial charge in [0, 0.05) is 22.7 Å². The zero-order valence-electron chi connectivity index (χ0n) is 12.4. The highest BCUT2D eigenvalue weighted by Gasteiger charge is 2.11. The van der Waals surface area contributed by atoms with Gasteiger partial charge in [-0.1, -0.05) is 13.0 Å². The summed E-state index contributed by atoms with van der Waals surface area (Å²) >= 11 is 3.62. The second-order valence-electron chi connectivity index (χ2n) is 5.18. The molecule has 0 bridgehead atoms. The number of nitrogens with zero attached hydrogens (tertiary/aromatic N) is 1. The molecule has 4 heteroatoms. The van der Waals surface area contributed by atoms with Crippen LogP contribution in [0.5, 0.6) is 0 Å². The summed E-state index contributed by atoms with van der Waals surface area (Å²) in [5.74, 6) is 0. The molecule has 0 aliphatic rings. The smallest absolute Gasteiger partial charge is 0.0897 e. The molecular weight excluding hydrogens is 284 g/mol. The molecule has 2 nitrogen and oxygen atoms in total. The van der Waals surface area contributed by atoms with Crippen LogP contribution in [0.15, 0.2) is 22.9 Å². The van der Waals surface area contributed by atoms with E-state index >= 15 is 0 Å². The van der Waals surface area contributed by atoms with E-state index in [4.69, 9.17) is 0 Å². The molecule has 0 fully saturated rings. The molecule has 0 saturated heterocycles. The predicted molar refractivity (Wildman–Crippen MR) is 89.9 cm³/mol. The summed E-state index contributed by atoms with van der Waals surface area (Å²) < 4.78 is 0. The van der Waals surface area contributed by atoms with Gasteiger partial charge in [0.05, 0.1) is 10.7 Å². The maximum Gasteiger partial charge on any atom is 0.0897 e. The van der Waals surface area contributed by atoms with Crippen molar-refractivity contribution in [1.29, 1.82) is 0 Å². The van der Waals surface area contributed by atoms with E-state index in [1.165, 1.54) is 41.3 Å². The number of rotatable bonds is 9. The normalized spacial score (nSPS) is 12.7. The van der Waals surface area contributed by atoms with Crippen LogP contribution in [0, 0.1) is 6.92 Å². The SMILES string of the molecule is CCCNC(CCCc1cccs1)Cc1csc(C)n1. The number of hydrogen-bond donors (Lipinski definition) is 1.